The summed E-state index contributed by atoms with van der Waals surface area (Å²) in [4.78, 5) is 38.1. The van der Waals surface area contributed by atoms with Gasteiger partial charge in [-0.05, 0) is 83.5 Å². The summed E-state index contributed by atoms with van der Waals surface area (Å²) in [6.45, 7) is 6.58. The SMILES string of the molecule is CCCCC/C=C\C/C=C\C/C=C\C/C=C\CCCC(=O)OC[C@H](COC(=O)CCCCCCCCCCCCC)OC(=O)CCCCCCCCCCCCC/C=C\CCCCCCCC. The van der Waals surface area contributed by atoms with Gasteiger partial charge in [-0.25, -0.2) is 0 Å². The molecule has 0 radical (unpaired) electrons. The van der Waals surface area contributed by atoms with Crippen molar-refractivity contribution in [1.82, 2.24) is 0 Å². The normalized spacial score (nSPS) is 12.5. The molecule has 0 fully saturated rings. The van der Waals surface area contributed by atoms with Crippen LogP contribution in [0.5, 0.6) is 0 Å². The van der Waals surface area contributed by atoms with Crippen molar-refractivity contribution >= 4 is 17.9 Å². The van der Waals surface area contributed by atoms with Crippen LogP contribution in [-0.4, -0.2) is 37.2 Å². The number of ether oxygens (including phenoxy) is 3. The molecular weight excluding hydrogens is 829 g/mol. The van der Waals surface area contributed by atoms with Crippen molar-refractivity contribution in [3.8, 4) is 0 Å². The van der Waals surface area contributed by atoms with E-state index in [0.717, 1.165) is 64.2 Å². The van der Waals surface area contributed by atoms with Gasteiger partial charge in [-0.15, -0.1) is 0 Å². The number of esters is 3. The Morgan fingerprint density at radius 2 is 0.552 bits per heavy atom. The lowest BCUT2D eigenvalue weighted by Gasteiger charge is -2.18. The molecule has 0 heterocycles. The smallest absolute Gasteiger partial charge is 0.306 e. The molecule has 0 aromatic rings. The van der Waals surface area contributed by atoms with Gasteiger partial charge in [-0.3, -0.25) is 14.4 Å². The van der Waals surface area contributed by atoms with Crippen LogP contribution in [0.4, 0.5) is 0 Å². The maximum Gasteiger partial charge on any atom is 0.306 e. The molecule has 6 nitrogen and oxygen atoms in total. The van der Waals surface area contributed by atoms with Crippen LogP contribution in [0.2, 0.25) is 0 Å². The molecule has 0 N–H and O–H groups in total. The average molecular weight is 938 g/mol. The van der Waals surface area contributed by atoms with Gasteiger partial charge in [-0.1, -0.05) is 248 Å². The summed E-state index contributed by atoms with van der Waals surface area (Å²) in [7, 11) is 0. The summed E-state index contributed by atoms with van der Waals surface area (Å²) in [5, 5.41) is 0. The van der Waals surface area contributed by atoms with E-state index < -0.39 is 6.10 Å². The van der Waals surface area contributed by atoms with Crippen molar-refractivity contribution in [3.63, 3.8) is 0 Å². The van der Waals surface area contributed by atoms with Crippen molar-refractivity contribution in [2.24, 2.45) is 0 Å². The molecule has 0 saturated heterocycles. The molecule has 0 aliphatic carbocycles. The molecule has 0 bridgehead atoms. The molecule has 388 valence electrons. The van der Waals surface area contributed by atoms with Crippen LogP contribution in [0.3, 0.4) is 0 Å². The lowest BCUT2D eigenvalue weighted by atomic mass is 10.0. The number of rotatable bonds is 52. The highest BCUT2D eigenvalue weighted by Crippen LogP contribution is 2.16. The molecule has 1 atom stereocenters. The molecule has 0 aliphatic heterocycles. The lowest BCUT2D eigenvalue weighted by molar-refractivity contribution is -0.167. The minimum atomic E-state index is -0.794. The summed E-state index contributed by atoms with van der Waals surface area (Å²) in [5.41, 5.74) is 0. The molecular formula is C61H108O6. The van der Waals surface area contributed by atoms with Crippen molar-refractivity contribution in [3.05, 3.63) is 60.8 Å². The van der Waals surface area contributed by atoms with Gasteiger partial charge in [0.1, 0.15) is 13.2 Å². The number of carbonyl (C=O) groups excluding carboxylic acids is 3. The van der Waals surface area contributed by atoms with E-state index in [1.54, 1.807) is 0 Å². The number of allylic oxidation sites excluding steroid dienone is 10. The topological polar surface area (TPSA) is 78.9 Å². The highest BCUT2D eigenvalue weighted by molar-refractivity contribution is 5.71. The molecule has 0 unspecified atom stereocenters. The van der Waals surface area contributed by atoms with Gasteiger partial charge in [0.2, 0.25) is 0 Å². The van der Waals surface area contributed by atoms with Crippen LogP contribution in [0.1, 0.15) is 290 Å². The Morgan fingerprint density at radius 3 is 0.940 bits per heavy atom. The molecule has 0 aliphatic rings. The second kappa shape index (κ2) is 55.7. The van der Waals surface area contributed by atoms with E-state index in [1.807, 2.05) is 0 Å². The molecule has 67 heavy (non-hydrogen) atoms. The number of carbonyl (C=O) groups is 3. The van der Waals surface area contributed by atoms with Crippen LogP contribution < -0.4 is 0 Å². The second-order valence-electron chi connectivity index (χ2n) is 19.2. The maximum atomic E-state index is 12.8. The van der Waals surface area contributed by atoms with E-state index in [9.17, 15) is 14.4 Å². The lowest BCUT2D eigenvalue weighted by Crippen LogP contribution is -2.30. The fraction of sp³-hybridized carbons (Fsp3) is 0.787. The summed E-state index contributed by atoms with van der Waals surface area (Å²) in [5.74, 6) is -0.939. The molecule has 0 spiro atoms. The van der Waals surface area contributed by atoms with E-state index in [4.69, 9.17) is 14.2 Å². The van der Waals surface area contributed by atoms with Crippen molar-refractivity contribution < 1.29 is 28.6 Å². The van der Waals surface area contributed by atoms with E-state index in [2.05, 4.69) is 81.5 Å². The van der Waals surface area contributed by atoms with Crippen LogP contribution in [0.15, 0.2) is 60.8 Å². The molecule has 6 heteroatoms. The molecule has 0 amide bonds. The van der Waals surface area contributed by atoms with Gasteiger partial charge in [0.05, 0.1) is 0 Å². The van der Waals surface area contributed by atoms with E-state index in [1.165, 1.54) is 180 Å². The first-order chi connectivity index (χ1) is 33.0. The van der Waals surface area contributed by atoms with Crippen molar-refractivity contribution in [2.75, 3.05) is 13.2 Å². The van der Waals surface area contributed by atoms with Crippen LogP contribution in [0, 0.1) is 0 Å². The highest BCUT2D eigenvalue weighted by atomic mass is 16.6. The summed E-state index contributed by atoms with van der Waals surface area (Å²) < 4.78 is 16.8. The standard InChI is InChI=1S/C61H108O6/c1-4-7-10-13-16-19-22-24-26-28-29-30-31-33-35-37-40-43-46-49-52-55-61(64)67-58(56-65-59(62)53-50-47-44-41-38-21-18-15-12-9-6-3)57-66-60(63)54-51-48-45-42-39-36-34-32-27-25-23-20-17-14-11-8-5-2/h17,20,24-27,34,36,42,45,58H,4-16,18-19,21-23,28-33,35,37-41,43-44,46-57H2,1-3H3/b20-17-,26-24-,27-25-,36-34-,45-42-/t58-/m0/s1. The summed E-state index contributed by atoms with van der Waals surface area (Å²) in [6.07, 6.45) is 69.3. The molecule has 0 aromatic carbocycles. The summed E-state index contributed by atoms with van der Waals surface area (Å²) >= 11 is 0. The van der Waals surface area contributed by atoms with Gasteiger partial charge in [0.25, 0.3) is 0 Å². The predicted octanol–water partition coefficient (Wildman–Crippen LogP) is 19.2. The average Bonchev–Trinajstić information content (AvgIpc) is 3.33. The molecule has 0 rings (SSSR count). The first kappa shape index (κ1) is 64.1. The Labute approximate surface area is 415 Å². The fourth-order valence-electron chi connectivity index (χ4n) is 8.14. The second-order valence-corrected chi connectivity index (χ2v) is 19.2. The zero-order valence-electron chi connectivity index (χ0n) is 44.4. The van der Waals surface area contributed by atoms with E-state index in [0.29, 0.717) is 19.3 Å². The molecule has 0 saturated carbocycles. The van der Waals surface area contributed by atoms with Crippen molar-refractivity contribution in [2.45, 2.75) is 297 Å². The number of unbranched alkanes of at least 4 members (excludes halogenated alkanes) is 31. The minimum absolute atomic E-state index is 0.0888. The number of hydrogen-bond donors (Lipinski definition) is 0. The monoisotopic (exact) mass is 937 g/mol. The first-order valence-corrected chi connectivity index (χ1v) is 28.8. The minimum Gasteiger partial charge on any atom is -0.462 e. The Hall–Kier alpha value is -2.89. The fourth-order valence-corrected chi connectivity index (χ4v) is 8.14. The van der Waals surface area contributed by atoms with Gasteiger partial charge in [0.15, 0.2) is 6.10 Å². The Bertz CT molecular complexity index is 1210. The predicted molar refractivity (Wildman–Crippen MR) is 288 cm³/mol. The van der Waals surface area contributed by atoms with Gasteiger partial charge in [-0.2, -0.15) is 0 Å². The van der Waals surface area contributed by atoms with Crippen LogP contribution in [0.25, 0.3) is 0 Å². The highest BCUT2D eigenvalue weighted by Gasteiger charge is 2.19. The third kappa shape index (κ3) is 53.9. The quantitative estimate of drug-likeness (QED) is 0.0262. The van der Waals surface area contributed by atoms with E-state index >= 15 is 0 Å². The zero-order valence-corrected chi connectivity index (χ0v) is 44.4. The third-order valence-corrected chi connectivity index (χ3v) is 12.5. The molecule has 0 aromatic heterocycles. The maximum absolute atomic E-state index is 12.8. The van der Waals surface area contributed by atoms with Crippen LogP contribution in [-0.2, 0) is 28.6 Å². The third-order valence-electron chi connectivity index (χ3n) is 12.5. The van der Waals surface area contributed by atoms with Crippen molar-refractivity contribution in [1.29, 1.82) is 0 Å². The largest absolute Gasteiger partial charge is 0.462 e. The van der Waals surface area contributed by atoms with Gasteiger partial charge < -0.3 is 14.2 Å². The summed E-state index contributed by atoms with van der Waals surface area (Å²) in [6, 6.07) is 0. The van der Waals surface area contributed by atoms with E-state index in [-0.39, 0.29) is 37.5 Å². The Morgan fingerprint density at radius 1 is 0.299 bits per heavy atom. The zero-order chi connectivity index (χ0) is 48.6. The Kier molecular flexibility index (Phi) is 53.3. The van der Waals surface area contributed by atoms with Gasteiger partial charge in [0, 0.05) is 19.3 Å². The first-order valence-electron chi connectivity index (χ1n) is 28.8. The van der Waals surface area contributed by atoms with Crippen LogP contribution >= 0.6 is 0 Å². The Balaban J connectivity index is 4.38. The number of hydrogen-bond acceptors (Lipinski definition) is 6. The van der Waals surface area contributed by atoms with Gasteiger partial charge >= 0.3 is 17.9 Å².